The fourth-order valence-corrected chi connectivity index (χ4v) is 5.88. The number of amides is 1. The van der Waals surface area contributed by atoms with E-state index in [2.05, 4.69) is 4.99 Å². The number of ether oxygens (including phenoxy) is 2. The SMILES string of the molecule is COCCOC(=O)C1=C(C)N=c2sc(=C3C(=O)N(C)c4ccccc43)c(=O)n2C1c1ccccc1Cl. The van der Waals surface area contributed by atoms with Crippen LogP contribution in [0, 0.1) is 0 Å². The van der Waals surface area contributed by atoms with Crippen molar-refractivity contribution in [3.05, 3.63) is 95.6 Å². The van der Waals surface area contributed by atoms with Gasteiger partial charge < -0.3 is 14.4 Å². The number of allylic oxidation sites excluding steroid dienone is 1. The number of nitrogens with zero attached hydrogens (tertiary/aromatic N) is 3. The zero-order chi connectivity index (χ0) is 25.6. The lowest BCUT2D eigenvalue weighted by Gasteiger charge is -2.25. The van der Waals surface area contributed by atoms with E-state index in [1.807, 2.05) is 24.3 Å². The van der Waals surface area contributed by atoms with Gasteiger partial charge in [-0.3, -0.25) is 14.2 Å². The summed E-state index contributed by atoms with van der Waals surface area (Å²) in [6.45, 7) is 1.97. The number of rotatable bonds is 5. The maximum Gasteiger partial charge on any atom is 0.338 e. The molecular formula is C26H22ClN3O5S. The Labute approximate surface area is 215 Å². The quantitative estimate of drug-likeness (QED) is 0.378. The van der Waals surface area contributed by atoms with Gasteiger partial charge in [-0.15, -0.1) is 0 Å². The summed E-state index contributed by atoms with van der Waals surface area (Å²) >= 11 is 7.68. The molecule has 0 N–H and O–H groups in total. The molecule has 0 bridgehead atoms. The smallest absolute Gasteiger partial charge is 0.338 e. The van der Waals surface area contributed by atoms with Crippen molar-refractivity contribution in [1.82, 2.24) is 4.57 Å². The highest BCUT2D eigenvalue weighted by Crippen LogP contribution is 2.36. The number of thiazole rings is 1. The average molecular weight is 524 g/mol. The number of carbonyl (C=O) groups is 2. The predicted octanol–water partition coefficient (Wildman–Crippen LogP) is 2.42. The summed E-state index contributed by atoms with van der Waals surface area (Å²) in [5, 5.41) is 0.389. The largest absolute Gasteiger partial charge is 0.460 e. The first kappa shape index (κ1) is 24.2. The molecule has 0 fully saturated rings. The highest BCUT2D eigenvalue weighted by Gasteiger charge is 2.37. The van der Waals surface area contributed by atoms with E-state index in [9.17, 15) is 14.4 Å². The van der Waals surface area contributed by atoms with Gasteiger partial charge in [0, 0.05) is 24.7 Å². The zero-order valence-corrected chi connectivity index (χ0v) is 21.4. The lowest BCUT2D eigenvalue weighted by Crippen LogP contribution is -2.41. The van der Waals surface area contributed by atoms with Crippen molar-refractivity contribution in [3.63, 3.8) is 0 Å². The number of hydrogen-bond donors (Lipinski definition) is 0. The molecule has 2 aliphatic rings. The summed E-state index contributed by atoms with van der Waals surface area (Å²) in [4.78, 5) is 46.9. The molecule has 1 unspecified atom stereocenters. The van der Waals surface area contributed by atoms with Crippen LogP contribution in [-0.4, -0.2) is 43.8 Å². The summed E-state index contributed by atoms with van der Waals surface area (Å²) in [5.74, 6) is -0.885. The number of para-hydroxylation sites is 1. The van der Waals surface area contributed by atoms with Crippen LogP contribution in [0.25, 0.3) is 5.57 Å². The second kappa shape index (κ2) is 9.50. The second-order valence-corrected chi connectivity index (χ2v) is 9.69. The zero-order valence-electron chi connectivity index (χ0n) is 19.8. The average Bonchev–Trinajstić information content (AvgIpc) is 3.31. The van der Waals surface area contributed by atoms with Crippen LogP contribution in [0.1, 0.15) is 24.1 Å². The molecule has 5 rings (SSSR count). The fourth-order valence-electron chi connectivity index (χ4n) is 4.51. The lowest BCUT2D eigenvalue weighted by atomic mass is 9.96. The molecule has 36 heavy (non-hydrogen) atoms. The van der Waals surface area contributed by atoms with Crippen molar-refractivity contribution in [1.29, 1.82) is 0 Å². The van der Waals surface area contributed by atoms with Crippen LogP contribution in [0.2, 0.25) is 5.02 Å². The summed E-state index contributed by atoms with van der Waals surface area (Å²) in [5.41, 5.74) is 2.48. The topological polar surface area (TPSA) is 90.2 Å². The van der Waals surface area contributed by atoms with Crippen molar-refractivity contribution >= 4 is 46.1 Å². The first-order valence-corrected chi connectivity index (χ1v) is 12.4. The molecule has 0 aliphatic carbocycles. The molecule has 184 valence electrons. The van der Waals surface area contributed by atoms with Gasteiger partial charge in [-0.05, 0) is 24.6 Å². The highest BCUT2D eigenvalue weighted by atomic mass is 35.5. The Kier molecular flexibility index (Phi) is 6.38. The first-order chi connectivity index (χ1) is 17.3. The van der Waals surface area contributed by atoms with E-state index in [-0.39, 0.29) is 29.2 Å². The number of esters is 1. The molecule has 8 nitrogen and oxygen atoms in total. The summed E-state index contributed by atoms with van der Waals surface area (Å²) < 4.78 is 12.1. The summed E-state index contributed by atoms with van der Waals surface area (Å²) in [6.07, 6.45) is 0. The highest BCUT2D eigenvalue weighted by molar-refractivity contribution is 7.07. The third kappa shape index (κ3) is 3.80. The van der Waals surface area contributed by atoms with Crippen molar-refractivity contribution < 1.29 is 19.1 Å². The minimum Gasteiger partial charge on any atom is -0.460 e. The molecular weight excluding hydrogens is 502 g/mol. The van der Waals surface area contributed by atoms with Crippen molar-refractivity contribution in [3.8, 4) is 0 Å². The monoisotopic (exact) mass is 523 g/mol. The van der Waals surface area contributed by atoms with Crippen LogP contribution in [0.4, 0.5) is 5.69 Å². The van der Waals surface area contributed by atoms with Gasteiger partial charge in [-0.2, -0.15) is 0 Å². The maximum atomic E-state index is 14.0. The van der Waals surface area contributed by atoms with Crippen molar-refractivity contribution in [2.24, 2.45) is 4.99 Å². The van der Waals surface area contributed by atoms with E-state index in [4.69, 9.17) is 21.1 Å². The number of carbonyl (C=O) groups excluding carboxylic acids is 2. The Morgan fingerprint density at radius 2 is 1.83 bits per heavy atom. The third-order valence-electron chi connectivity index (χ3n) is 6.22. The van der Waals surface area contributed by atoms with E-state index in [0.29, 0.717) is 32.2 Å². The van der Waals surface area contributed by atoms with Gasteiger partial charge in [-0.25, -0.2) is 9.79 Å². The normalized spacial score (nSPS) is 18.2. The second-order valence-electron chi connectivity index (χ2n) is 8.31. The van der Waals surface area contributed by atoms with E-state index < -0.39 is 17.6 Å². The minimum absolute atomic E-state index is 0.0492. The van der Waals surface area contributed by atoms with Gasteiger partial charge in [0.25, 0.3) is 11.5 Å². The number of anilines is 1. The molecule has 1 aromatic heterocycles. The van der Waals surface area contributed by atoms with Crippen LogP contribution in [0.3, 0.4) is 0 Å². The molecule has 2 aromatic carbocycles. The summed E-state index contributed by atoms with van der Waals surface area (Å²) in [7, 11) is 3.19. The number of likely N-dealkylation sites (N-methyl/N-ethyl adjacent to an activating group) is 1. The maximum absolute atomic E-state index is 14.0. The first-order valence-electron chi connectivity index (χ1n) is 11.2. The van der Waals surface area contributed by atoms with Gasteiger partial charge in [0.15, 0.2) is 4.80 Å². The van der Waals surface area contributed by atoms with Crippen LogP contribution in [0.15, 0.2) is 69.6 Å². The molecule has 1 amide bonds. The Morgan fingerprint density at radius 1 is 1.11 bits per heavy atom. The van der Waals surface area contributed by atoms with Gasteiger partial charge in [0.2, 0.25) is 0 Å². The fraction of sp³-hybridized carbons (Fsp3) is 0.231. The molecule has 1 atom stereocenters. The van der Waals surface area contributed by atoms with Gasteiger partial charge in [-0.1, -0.05) is 59.3 Å². The predicted molar refractivity (Wildman–Crippen MR) is 137 cm³/mol. The Morgan fingerprint density at radius 3 is 2.58 bits per heavy atom. The van der Waals surface area contributed by atoms with Crippen molar-refractivity contribution in [2.75, 3.05) is 32.3 Å². The van der Waals surface area contributed by atoms with Crippen LogP contribution >= 0.6 is 22.9 Å². The Balaban J connectivity index is 1.78. The third-order valence-corrected chi connectivity index (χ3v) is 7.62. The van der Waals surface area contributed by atoms with Crippen LogP contribution in [0.5, 0.6) is 0 Å². The van der Waals surface area contributed by atoms with Crippen LogP contribution < -0.4 is 19.8 Å². The number of benzene rings is 2. The number of methoxy groups -OCH3 is 1. The minimum atomic E-state index is -0.871. The molecule has 0 saturated heterocycles. The van der Waals surface area contributed by atoms with Gasteiger partial charge in [0.1, 0.15) is 17.2 Å². The van der Waals surface area contributed by atoms with Gasteiger partial charge >= 0.3 is 5.97 Å². The number of halogens is 1. The lowest BCUT2D eigenvalue weighted by molar-refractivity contribution is -0.140. The molecule has 2 aliphatic heterocycles. The van der Waals surface area contributed by atoms with Crippen LogP contribution in [-0.2, 0) is 19.1 Å². The summed E-state index contributed by atoms with van der Waals surface area (Å²) in [6, 6.07) is 13.5. The van der Waals surface area contributed by atoms with Crippen molar-refractivity contribution in [2.45, 2.75) is 13.0 Å². The van der Waals surface area contributed by atoms with Gasteiger partial charge in [0.05, 0.1) is 29.1 Å². The number of aromatic nitrogens is 1. The Hall–Kier alpha value is -3.53. The van der Waals surface area contributed by atoms with E-state index >= 15 is 0 Å². The number of fused-ring (bicyclic) bond motifs is 2. The van der Waals surface area contributed by atoms with E-state index in [1.54, 1.807) is 38.2 Å². The number of hydrogen-bond acceptors (Lipinski definition) is 7. The Bertz CT molecular complexity index is 1620. The van der Waals surface area contributed by atoms with E-state index in [1.165, 1.54) is 16.6 Å². The molecule has 3 aromatic rings. The van der Waals surface area contributed by atoms with E-state index in [0.717, 1.165) is 17.0 Å². The molecule has 0 radical (unpaired) electrons. The molecule has 0 saturated carbocycles. The standard InChI is InChI=1S/C26H22ClN3O5S/c1-14-19(25(33)35-13-12-34-3)21(15-8-4-6-10-17(15)27)30-24(32)22(36-26(30)28-14)20-16-9-5-7-11-18(16)29(2)23(20)31/h4-11,21H,12-13H2,1-3H3. The molecule has 10 heteroatoms. The molecule has 0 spiro atoms. The molecule has 3 heterocycles.